The molecule has 2 aromatic heterocycles. The number of aromatic amines is 2. The van der Waals surface area contributed by atoms with Crippen LogP contribution in [-0.4, -0.2) is 9.97 Å². The van der Waals surface area contributed by atoms with Crippen molar-refractivity contribution in [2.45, 2.75) is 12.8 Å². The zero-order valence-corrected chi connectivity index (χ0v) is 15.5. The number of rotatable bonds is 3. The number of aryl methyl sites for hydroxylation is 2. The maximum absolute atomic E-state index is 3.51. The monoisotopic (exact) mass is 360 g/mol. The van der Waals surface area contributed by atoms with E-state index in [1.54, 1.807) is 0 Å². The summed E-state index contributed by atoms with van der Waals surface area (Å²) in [6, 6.07) is 30.7. The number of hydrogen-bond acceptors (Lipinski definition) is 0. The van der Waals surface area contributed by atoms with Gasteiger partial charge in [0, 0.05) is 43.6 Å². The van der Waals surface area contributed by atoms with Gasteiger partial charge in [0.2, 0.25) is 0 Å². The van der Waals surface area contributed by atoms with E-state index in [1.807, 2.05) is 0 Å². The molecule has 0 aliphatic rings. The summed E-state index contributed by atoms with van der Waals surface area (Å²) in [6.07, 6.45) is 2.09. The quantitative estimate of drug-likeness (QED) is 0.350. The first kappa shape index (κ1) is 15.5. The van der Waals surface area contributed by atoms with Crippen LogP contribution < -0.4 is 0 Å². The number of aromatic nitrogens is 2. The fraction of sp³-hybridized carbons (Fsp3) is 0.0769. The van der Waals surface area contributed by atoms with Crippen molar-refractivity contribution in [3.63, 3.8) is 0 Å². The summed E-state index contributed by atoms with van der Waals surface area (Å²) in [6.45, 7) is 0. The van der Waals surface area contributed by atoms with Crippen LogP contribution in [0, 0.1) is 0 Å². The normalized spacial score (nSPS) is 11.9. The third-order valence-electron chi connectivity index (χ3n) is 5.84. The zero-order chi connectivity index (χ0) is 18.5. The molecule has 0 spiro atoms. The van der Waals surface area contributed by atoms with Crippen molar-refractivity contribution in [3.8, 4) is 0 Å². The fourth-order valence-electron chi connectivity index (χ4n) is 4.39. The maximum atomic E-state index is 3.51. The van der Waals surface area contributed by atoms with Gasteiger partial charge in [0.05, 0.1) is 0 Å². The minimum absolute atomic E-state index is 1.04. The highest BCUT2D eigenvalue weighted by Crippen LogP contribution is 2.28. The molecule has 4 aromatic carbocycles. The molecule has 2 heteroatoms. The number of fused-ring (bicyclic) bond motifs is 6. The summed E-state index contributed by atoms with van der Waals surface area (Å²) in [7, 11) is 0. The van der Waals surface area contributed by atoms with Gasteiger partial charge in [0.15, 0.2) is 0 Å². The summed E-state index contributed by atoms with van der Waals surface area (Å²) < 4.78 is 0. The lowest BCUT2D eigenvalue weighted by atomic mass is 10.0. The highest BCUT2D eigenvalue weighted by Gasteiger charge is 2.07. The van der Waals surface area contributed by atoms with Crippen LogP contribution in [0.2, 0.25) is 0 Å². The highest BCUT2D eigenvalue weighted by molar-refractivity contribution is 6.08. The third kappa shape index (κ3) is 2.42. The van der Waals surface area contributed by atoms with E-state index in [9.17, 15) is 0 Å². The molecule has 0 fully saturated rings. The van der Waals surface area contributed by atoms with Crippen LogP contribution in [-0.2, 0) is 12.8 Å². The van der Waals surface area contributed by atoms with Gasteiger partial charge in [-0.15, -0.1) is 0 Å². The van der Waals surface area contributed by atoms with Gasteiger partial charge in [0.25, 0.3) is 0 Å². The maximum Gasteiger partial charge on any atom is 0.0465 e. The van der Waals surface area contributed by atoms with Crippen LogP contribution in [0.1, 0.15) is 11.1 Å². The number of benzene rings is 4. The molecule has 28 heavy (non-hydrogen) atoms. The first-order chi connectivity index (χ1) is 13.8. The van der Waals surface area contributed by atoms with E-state index in [-0.39, 0.29) is 0 Å². The Bertz CT molecular complexity index is 1350. The van der Waals surface area contributed by atoms with E-state index in [2.05, 4.69) is 94.9 Å². The molecule has 0 radical (unpaired) electrons. The molecule has 2 nitrogen and oxygen atoms in total. The van der Waals surface area contributed by atoms with Crippen molar-refractivity contribution >= 4 is 43.6 Å². The third-order valence-corrected chi connectivity index (χ3v) is 5.84. The van der Waals surface area contributed by atoms with Gasteiger partial charge in [-0.2, -0.15) is 0 Å². The van der Waals surface area contributed by atoms with Crippen LogP contribution in [0.5, 0.6) is 0 Å². The largest absolute Gasteiger partial charge is 0.355 e. The molecule has 0 saturated heterocycles. The number of hydrogen-bond donors (Lipinski definition) is 2. The Balaban J connectivity index is 1.34. The van der Waals surface area contributed by atoms with Gasteiger partial charge < -0.3 is 9.97 Å². The molecule has 0 aliphatic heterocycles. The molecule has 0 amide bonds. The minimum Gasteiger partial charge on any atom is -0.355 e. The Morgan fingerprint density at radius 2 is 0.857 bits per heavy atom. The van der Waals surface area contributed by atoms with Crippen LogP contribution in [0.4, 0.5) is 0 Å². The summed E-state index contributed by atoms with van der Waals surface area (Å²) in [5.74, 6) is 0. The average molecular weight is 360 g/mol. The minimum atomic E-state index is 1.04. The van der Waals surface area contributed by atoms with Crippen LogP contribution in [0.25, 0.3) is 43.6 Å². The number of H-pyrrole nitrogens is 2. The Hall–Kier alpha value is -3.52. The Morgan fingerprint density at radius 1 is 0.429 bits per heavy atom. The van der Waals surface area contributed by atoms with Gasteiger partial charge in [-0.05, 0) is 60.4 Å². The van der Waals surface area contributed by atoms with Crippen molar-refractivity contribution in [1.29, 1.82) is 0 Å². The van der Waals surface area contributed by atoms with E-state index >= 15 is 0 Å². The first-order valence-electron chi connectivity index (χ1n) is 9.84. The van der Waals surface area contributed by atoms with Gasteiger partial charge in [-0.3, -0.25) is 0 Å². The molecular weight excluding hydrogens is 340 g/mol. The second-order valence-corrected chi connectivity index (χ2v) is 7.60. The second-order valence-electron chi connectivity index (χ2n) is 7.60. The molecule has 0 bridgehead atoms. The predicted octanol–water partition coefficient (Wildman–Crippen LogP) is 6.74. The summed E-state index contributed by atoms with van der Waals surface area (Å²) in [5.41, 5.74) is 7.61. The van der Waals surface area contributed by atoms with E-state index < -0.39 is 0 Å². The molecule has 2 N–H and O–H groups in total. The van der Waals surface area contributed by atoms with Crippen molar-refractivity contribution in [2.24, 2.45) is 0 Å². The lowest BCUT2D eigenvalue weighted by Crippen LogP contribution is -1.91. The summed E-state index contributed by atoms with van der Waals surface area (Å²) in [4.78, 5) is 7.02. The molecule has 6 aromatic rings. The Morgan fingerprint density at radius 3 is 1.36 bits per heavy atom. The molecule has 0 atom stereocenters. The van der Waals surface area contributed by atoms with Gasteiger partial charge in [-0.25, -0.2) is 0 Å². The number of nitrogens with one attached hydrogen (secondary N) is 2. The molecular formula is C26H20N2. The molecule has 0 unspecified atom stereocenters. The molecule has 0 aliphatic carbocycles. The smallest absolute Gasteiger partial charge is 0.0465 e. The molecule has 6 rings (SSSR count). The van der Waals surface area contributed by atoms with Crippen LogP contribution in [0.3, 0.4) is 0 Å². The predicted molar refractivity (Wildman–Crippen MR) is 119 cm³/mol. The zero-order valence-electron chi connectivity index (χ0n) is 15.5. The topological polar surface area (TPSA) is 31.6 Å². The lowest BCUT2D eigenvalue weighted by molar-refractivity contribution is 0.965. The van der Waals surface area contributed by atoms with Crippen LogP contribution >= 0.6 is 0 Å². The summed E-state index contributed by atoms with van der Waals surface area (Å²) >= 11 is 0. The fourth-order valence-corrected chi connectivity index (χ4v) is 4.39. The molecule has 0 saturated carbocycles. The van der Waals surface area contributed by atoms with Gasteiger partial charge in [0.1, 0.15) is 0 Å². The van der Waals surface area contributed by atoms with Crippen molar-refractivity contribution in [2.75, 3.05) is 0 Å². The van der Waals surface area contributed by atoms with Crippen molar-refractivity contribution in [3.05, 3.63) is 96.1 Å². The molecule has 134 valence electrons. The Labute approximate surface area is 162 Å². The van der Waals surface area contributed by atoms with Crippen LogP contribution in [0.15, 0.2) is 84.9 Å². The van der Waals surface area contributed by atoms with E-state index in [4.69, 9.17) is 0 Å². The SMILES string of the molecule is c1ccc2c(c1)[nH]c1ccc(CCc3ccc4[nH]c5ccccc5c4c3)cc12. The van der Waals surface area contributed by atoms with Crippen molar-refractivity contribution < 1.29 is 0 Å². The van der Waals surface area contributed by atoms with E-state index in [0.29, 0.717) is 0 Å². The first-order valence-corrected chi connectivity index (χ1v) is 9.84. The standard InChI is InChI=1S/C26H20N2/c1-3-7-23-19(5-1)21-15-17(11-13-25(21)27-23)9-10-18-12-14-26-22(16-18)20-6-2-4-8-24(20)28-26/h1-8,11-16,27-28H,9-10H2. The average Bonchev–Trinajstić information content (AvgIpc) is 3.30. The number of para-hydroxylation sites is 2. The van der Waals surface area contributed by atoms with Gasteiger partial charge >= 0.3 is 0 Å². The van der Waals surface area contributed by atoms with Gasteiger partial charge in [-0.1, -0.05) is 48.5 Å². The molecule has 2 heterocycles. The summed E-state index contributed by atoms with van der Waals surface area (Å²) in [5, 5.41) is 5.25. The highest BCUT2D eigenvalue weighted by atomic mass is 14.7. The Kier molecular flexibility index (Phi) is 3.33. The lowest BCUT2D eigenvalue weighted by Gasteiger charge is -2.04. The van der Waals surface area contributed by atoms with E-state index in [0.717, 1.165) is 12.8 Å². The van der Waals surface area contributed by atoms with Crippen molar-refractivity contribution in [1.82, 2.24) is 9.97 Å². The van der Waals surface area contributed by atoms with E-state index in [1.165, 1.54) is 54.7 Å². The second kappa shape index (κ2) is 6.00.